The van der Waals surface area contributed by atoms with E-state index in [1.54, 1.807) is 6.07 Å². The van der Waals surface area contributed by atoms with Crippen LogP contribution in [0.4, 0.5) is 10.2 Å². The molecule has 1 aliphatic heterocycles. The molecule has 1 fully saturated rings. The molecule has 7 heteroatoms. The van der Waals surface area contributed by atoms with Crippen LogP contribution in [0.1, 0.15) is 29.7 Å². The van der Waals surface area contributed by atoms with Crippen LogP contribution < -0.4 is 4.90 Å². The van der Waals surface area contributed by atoms with Gasteiger partial charge >= 0.3 is 0 Å². The minimum Gasteiger partial charge on any atom is -0.381 e. The number of nitrogens with one attached hydrogen (secondary N) is 1. The summed E-state index contributed by atoms with van der Waals surface area (Å²) in [6.45, 7) is 3.96. The first-order chi connectivity index (χ1) is 12.1. The van der Waals surface area contributed by atoms with Crippen LogP contribution in [0, 0.1) is 12.7 Å². The number of nitrogens with zero attached hydrogens (tertiary/aromatic N) is 4. The van der Waals surface area contributed by atoms with Gasteiger partial charge in [0.15, 0.2) is 0 Å². The van der Waals surface area contributed by atoms with E-state index in [2.05, 4.69) is 19.9 Å². The van der Waals surface area contributed by atoms with Crippen molar-refractivity contribution in [3.05, 3.63) is 47.4 Å². The van der Waals surface area contributed by atoms with Gasteiger partial charge in [-0.15, -0.1) is 0 Å². The van der Waals surface area contributed by atoms with E-state index in [-0.39, 0.29) is 5.82 Å². The van der Waals surface area contributed by atoms with Crippen LogP contribution in [0.25, 0.3) is 11.0 Å². The Kier molecular flexibility index (Phi) is 4.09. The predicted molar refractivity (Wildman–Crippen MR) is 93.1 cm³/mol. The number of benzene rings is 1. The zero-order valence-electron chi connectivity index (χ0n) is 14.3. The minimum absolute atomic E-state index is 0.272. The Morgan fingerprint density at radius 2 is 2.16 bits per heavy atom. The van der Waals surface area contributed by atoms with Crippen LogP contribution in [-0.4, -0.2) is 40.2 Å². The highest BCUT2D eigenvalue weighted by atomic mass is 19.1. The third-order valence-corrected chi connectivity index (χ3v) is 4.46. The molecule has 0 aliphatic carbocycles. The number of halogens is 1. The van der Waals surface area contributed by atoms with Gasteiger partial charge in [0.2, 0.25) is 0 Å². The molecule has 0 bridgehead atoms. The number of ether oxygens (including phenoxy) is 1. The lowest BCUT2D eigenvalue weighted by Crippen LogP contribution is -2.20. The van der Waals surface area contributed by atoms with E-state index in [1.165, 1.54) is 12.1 Å². The standard InChI is InChI=1S/C18H20FN5O/c1-11-20-15(12-5-6-25-10-12)8-18(21-11)24(2)9-17-22-14-4-3-13(19)7-16(14)23-17/h3-4,7-8,12H,5-6,9-10H2,1-2H3,(H,22,23). The van der Waals surface area contributed by atoms with Gasteiger partial charge in [0.1, 0.15) is 23.3 Å². The van der Waals surface area contributed by atoms with Crippen molar-refractivity contribution in [2.45, 2.75) is 25.8 Å². The van der Waals surface area contributed by atoms with Gasteiger partial charge in [0, 0.05) is 25.6 Å². The quantitative estimate of drug-likeness (QED) is 0.790. The molecule has 1 unspecified atom stereocenters. The molecule has 3 heterocycles. The molecule has 1 N–H and O–H groups in total. The number of aromatic amines is 1. The third-order valence-electron chi connectivity index (χ3n) is 4.46. The van der Waals surface area contributed by atoms with E-state index in [9.17, 15) is 4.39 Å². The van der Waals surface area contributed by atoms with Crippen molar-refractivity contribution in [3.8, 4) is 0 Å². The molecule has 6 nitrogen and oxygen atoms in total. The lowest BCUT2D eigenvalue weighted by molar-refractivity contribution is 0.193. The zero-order chi connectivity index (χ0) is 17.4. The van der Waals surface area contributed by atoms with E-state index in [1.807, 2.05) is 24.9 Å². The van der Waals surface area contributed by atoms with Crippen molar-refractivity contribution < 1.29 is 9.13 Å². The molecular formula is C18H20FN5O. The summed E-state index contributed by atoms with van der Waals surface area (Å²) in [7, 11) is 1.96. The second-order valence-electron chi connectivity index (χ2n) is 6.46. The molecule has 3 aromatic rings. The van der Waals surface area contributed by atoms with Gasteiger partial charge in [0.05, 0.1) is 29.9 Å². The fraction of sp³-hybridized carbons (Fsp3) is 0.389. The van der Waals surface area contributed by atoms with E-state index in [0.717, 1.165) is 48.3 Å². The number of aryl methyl sites for hydroxylation is 1. The number of aromatic nitrogens is 4. The maximum atomic E-state index is 13.3. The second kappa shape index (κ2) is 6.40. The molecule has 0 amide bonds. The molecular weight excluding hydrogens is 321 g/mol. The monoisotopic (exact) mass is 341 g/mol. The van der Waals surface area contributed by atoms with Crippen molar-refractivity contribution in [1.82, 2.24) is 19.9 Å². The van der Waals surface area contributed by atoms with Gasteiger partial charge in [-0.2, -0.15) is 0 Å². The molecule has 4 rings (SSSR count). The van der Waals surface area contributed by atoms with E-state index >= 15 is 0 Å². The van der Waals surface area contributed by atoms with E-state index in [0.29, 0.717) is 18.0 Å². The van der Waals surface area contributed by atoms with Crippen LogP contribution >= 0.6 is 0 Å². The molecule has 130 valence electrons. The van der Waals surface area contributed by atoms with Crippen LogP contribution in [0.5, 0.6) is 0 Å². The lowest BCUT2D eigenvalue weighted by Gasteiger charge is -2.19. The van der Waals surface area contributed by atoms with Crippen LogP contribution in [0.15, 0.2) is 24.3 Å². The van der Waals surface area contributed by atoms with Crippen molar-refractivity contribution in [2.24, 2.45) is 0 Å². The summed E-state index contributed by atoms with van der Waals surface area (Å²) < 4.78 is 18.8. The summed E-state index contributed by atoms with van der Waals surface area (Å²) in [5.74, 6) is 2.43. The fourth-order valence-corrected chi connectivity index (χ4v) is 3.16. The molecule has 0 saturated carbocycles. The highest BCUT2D eigenvalue weighted by Crippen LogP contribution is 2.26. The molecule has 2 aromatic heterocycles. The van der Waals surface area contributed by atoms with Gasteiger partial charge in [-0.05, 0) is 31.5 Å². The topological polar surface area (TPSA) is 66.9 Å². The number of hydrogen-bond donors (Lipinski definition) is 1. The average Bonchev–Trinajstić information content (AvgIpc) is 3.23. The summed E-state index contributed by atoms with van der Waals surface area (Å²) in [6.07, 6.45) is 0.995. The number of rotatable bonds is 4. The normalized spacial score (nSPS) is 17.3. The summed E-state index contributed by atoms with van der Waals surface area (Å²) in [5.41, 5.74) is 2.48. The summed E-state index contributed by atoms with van der Waals surface area (Å²) >= 11 is 0. The Bertz CT molecular complexity index is 904. The largest absolute Gasteiger partial charge is 0.381 e. The highest BCUT2D eigenvalue weighted by molar-refractivity contribution is 5.75. The Morgan fingerprint density at radius 3 is 2.96 bits per heavy atom. The Labute approximate surface area is 145 Å². The first-order valence-corrected chi connectivity index (χ1v) is 8.37. The first kappa shape index (κ1) is 16.0. The van der Waals surface area contributed by atoms with Crippen molar-refractivity contribution in [3.63, 3.8) is 0 Å². The number of anilines is 1. The zero-order valence-corrected chi connectivity index (χ0v) is 14.3. The van der Waals surface area contributed by atoms with Gasteiger partial charge < -0.3 is 14.6 Å². The van der Waals surface area contributed by atoms with Crippen LogP contribution in [-0.2, 0) is 11.3 Å². The van der Waals surface area contributed by atoms with Gasteiger partial charge in [-0.3, -0.25) is 0 Å². The Hall–Kier alpha value is -2.54. The average molecular weight is 341 g/mol. The van der Waals surface area contributed by atoms with Gasteiger partial charge in [-0.1, -0.05) is 0 Å². The smallest absolute Gasteiger partial charge is 0.132 e. The molecule has 0 spiro atoms. The number of fused-ring (bicyclic) bond motifs is 1. The maximum absolute atomic E-state index is 13.3. The summed E-state index contributed by atoms with van der Waals surface area (Å²) in [6, 6.07) is 6.58. The molecule has 25 heavy (non-hydrogen) atoms. The Morgan fingerprint density at radius 1 is 1.28 bits per heavy atom. The molecule has 1 saturated heterocycles. The molecule has 1 atom stereocenters. The predicted octanol–water partition coefficient (Wildman–Crippen LogP) is 2.94. The van der Waals surface area contributed by atoms with Crippen LogP contribution in [0.3, 0.4) is 0 Å². The summed E-state index contributed by atoms with van der Waals surface area (Å²) in [4.78, 5) is 18.8. The fourth-order valence-electron chi connectivity index (χ4n) is 3.16. The second-order valence-corrected chi connectivity index (χ2v) is 6.46. The lowest BCUT2D eigenvalue weighted by atomic mass is 10.0. The number of hydrogen-bond acceptors (Lipinski definition) is 5. The van der Waals surface area contributed by atoms with Crippen molar-refractivity contribution in [1.29, 1.82) is 0 Å². The highest BCUT2D eigenvalue weighted by Gasteiger charge is 2.21. The van der Waals surface area contributed by atoms with Crippen LogP contribution in [0.2, 0.25) is 0 Å². The SMILES string of the molecule is Cc1nc(C2CCOC2)cc(N(C)Cc2nc3ccc(F)cc3[nH]2)n1. The Balaban J connectivity index is 1.58. The van der Waals surface area contributed by atoms with Gasteiger partial charge in [-0.25, -0.2) is 19.3 Å². The van der Waals surface area contributed by atoms with Crippen molar-refractivity contribution >= 4 is 16.9 Å². The number of imidazole rings is 1. The molecule has 1 aromatic carbocycles. The molecule has 1 aliphatic rings. The maximum Gasteiger partial charge on any atom is 0.132 e. The third kappa shape index (κ3) is 3.32. The summed E-state index contributed by atoms with van der Waals surface area (Å²) in [5, 5.41) is 0. The van der Waals surface area contributed by atoms with Gasteiger partial charge in [0.25, 0.3) is 0 Å². The minimum atomic E-state index is -0.272. The van der Waals surface area contributed by atoms with Crippen molar-refractivity contribution in [2.75, 3.05) is 25.2 Å². The molecule has 0 radical (unpaired) electrons. The first-order valence-electron chi connectivity index (χ1n) is 8.37. The van der Waals surface area contributed by atoms with E-state index in [4.69, 9.17) is 4.74 Å². The van der Waals surface area contributed by atoms with E-state index < -0.39 is 0 Å². The number of H-pyrrole nitrogens is 1.